The zero-order valence-electron chi connectivity index (χ0n) is 15.4. The van der Waals surface area contributed by atoms with Gasteiger partial charge in [-0.2, -0.15) is 5.10 Å². The molecular weight excluding hydrogens is 362 g/mol. The van der Waals surface area contributed by atoms with Crippen molar-refractivity contribution in [2.24, 2.45) is 0 Å². The van der Waals surface area contributed by atoms with Crippen molar-refractivity contribution >= 4 is 11.6 Å². The van der Waals surface area contributed by atoms with Gasteiger partial charge in [-0.3, -0.25) is 0 Å². The minimum Gasteiger partial charge on any atom is -0.489 e. The molecule has 0 fully saturated rings. The number of aliphatic hydroxyl groups is 1. The SMILES string of the molecule is Cc1nn(-c2ccccc2)c(Cl)c1COc1ccc(CNCCCO)cc1. The molecule has 0 radical (unpaired) electrons. The van der Waals surface area contributed by atoms with Gasteiger partial charge in [-0.05, 0) is 49.7 Å². The van der Waals surface area contributed by atoms with Gasteiger partial charge in [0.15, 0.2) is 0 Å². The number of halogens is 1. The number of nitrogens with zero attached hydrogens (tertiary/aromatic N) is 2. The standard InChI is InChI=1S/C21H24ClN3O2/c1-16-20(21(22)25(24-16)18-6-3-2-4-7-18)15-27-19-10-8-17(9-11-19)14-23-12-5-13-26/h2-4,6-11,23,26H,5,12-15H2,1H3. The lowest BCUT2D eigenvalue weighted by molar-refractivity contribution is 0.286. The van der Waals surface area contributed by atoms with Crippen molar-refractivity contribution in [3.63, 3.8) is 0 Å². The average Bonchev–Trinajstić information content (AvgIpc) is 2.99. The van der Waals surface area contributed by atoms with Gasteiger partial charge in [-0.15, -0.1) is 0 Å². The molecule has 3 aromatic rings. The number of ether oxygens (including phenoxy) is 1. The van der Waals surface area contributed by atoms with Crippen LogP contribution in [0.5, 0.6) is 5.75 Å². The van der Waals surface area contributed by atoms with E-state index in [9.17, 15) is 0 Å². The molecule has 0 saturated heterocycles. The van der Waals surface area contributed by atoms with E-state index in [4.69, 9.17) is 21.4 Å². The number of hydrogen-bond acceptors (Lipinski definition) is 4. The van der Waals surface area contributed by atoms with Crippen LogP contribution in [0.3, 0.4) is 0 Å². The second-order valence-corrected chi connectivity index (χ2v) is 6.65. The van der Waals surface area contributed by atoms with Crippen molar-refractivity contribution in [3.8, 4) is 11.4 Å². The minimum atomic E-state index is 0.211. The molecule has 2 aromatic carbocycles. The first-order valence-corrected chi connectivity index (χ1v) is 9.39. The van der Waals surface area contributed by atoms with Crippen LogP contribution < -0.4 is 10.1 Å². The molecule has 142 valence electrons. The van der Waals surface area contributed by atoms with Crippen LogP contribution in [0.4, 0.5) is 0 Å². The fourth-order valence-electron chi connectivity index (χ4n) is 2.73. The Morgan fingerprint density at radius 2 is 1.85 bits per heavy atom. The molecule has 0 spiro atoms. The number of benzene rings is 2. The zero-order valence-corrected chi connectivity index (χ0v) is 16.1. The topological polar surface area (TPSA) is 59.3 Å². The summed E-state index contributed by atoms with van der Waals surface area (Å²) in [7, 11) is 0. The second kappa shape index (κ2) is 9.55. The highest BCUT2D eigenvalue weighted by Crippen LogP contribution is 2.25. The van der Waals surface area contributed by atoms with Crippen LogP contribution >= 0.6 is 11.6 Å². The molecule has 2 N–H and O–H groups in total. The van der Waals surface area contributed by atoms with Crippen molar-refractivity contribution in [3.05, 3.63) is 76.6 Å². The molecule has 3 rings (SSSR count). The van der Waals surface area contributed by atoms with Gasteiger partial charge in [0.05, 0.1) is 11.4 Å². The Morgan fingerprint density at radius 1 is 1.11 bits per heavy atom. The normalized spacial score (nSPS) is 10.9. The lowest BCUT2D eigenvalue weighted by Gasteiger charge is -2.08. The molecule has 0 saturated carbocycles. The third kappa shape index (κ3) is 5.10. The van der Waals surface area contributed by atoms with Crippen molar-refractivity contribution in [2.45, 2.75) is 26.5 Å². The summed E-state index contributed by atoms with van der Waals surface area (Å²) in [4.78, 5) is 0. The predicted octanol–water partition coefficient (Wildman–Crippen LogP) is 3.89. The first-order valence-electron chi connectivity index (χ1n) is 9.02. The van der Waals surface area contributed by atoms with E-state index in [-0.39, 0.29) is 6.61 Å². The monoisotopic (exact) mass is 385 g/mol. The molecule has 0 aliphatic rings. The summed E-state index contributed by atoms with van der Waals surface area (Å²) >= 11 is 6.53. The van der Waals surface area contributed by atoms with E-state index in [1.165, 1.54) is 5.56 Å². The Kier molecular flexibility index (Phi) is 6.87. The number of aliphatic hydroxyl groups excluding tert-OH is 1. The van der Waals surface area contributed by atoms with Crippen molar-refractivity contribution < 1.29 is 9.84 Å². The molecule has 0 bridgehead atoms. The first-order chi connectivity index (χ1) is 13.2. The van der Waals surface area contributed by atoms with Crippen LogP contribution in [0.1, 0.15) is 23.2 Å². The summed E-state index contributed by atoms with van der Waals surface area (Å²) in [5.74, 6) is 0.789. The van der Waals surface area contributed by atoms with Gasteiger partial charge in [0.1, 0.15) is 17.5 Å². The Bertz CT molecular complexity index is 848. The molecule has 1 aromatic heterocycles. The predicted molar refractivity (Wildman–Crippen MR) is 107 cm³/mol. The second-order valence-electron chi connectivity index (χ2n) is 6.29. The number of hydrogen-bond donors (Lipinski definition) is 2. The van der Waals surface area contributed by atoms with E-state index in [2.05, 4.69) is 10.4 Å². The van der Waals surface area contributed by atoms with Gasteiger partial charge >= 0.3 is 0 Å². The molecule has 0 amide bonds. The van der Waals surface area contributed by atoms with E-state index < -0.39 is 0 Å². The Morgan fingerprint density at radius 3 is 2.56 bits per heavy atom. The fraction of sp³-hybridized carbons (Fsp3) is 0.286. The lowest BCUT2D eigenvalue weighted by Crippen LogP contribution is -2.15. The van der Waals surface area contributed by atoms with Gasteiger partial charge < -0.3 is 15.2 Å². The molecule has 0 aliphatic heterocycles. The van der Waals surface area contributed by atoms with Crippen LogP contribution in [0.15, 0.2) is 54.6 Å². The van der Waals surface area contributed by atoms with Gasteiger partial charge in [0.25, 0.3) is 0 Å². The minimum absolute atomic E-state index is 0.211. The molecule has 27 heavy (non-hydrogen) atoms. The number of aryl methyl sites for hydroxylation is 1. The molecule has 0 unspecified atom stereocenters. The van der Waals surface area contributed by atoms with Crippen LogP contribution in [0, 0.1) is 6.92 Å². The Labute approximate surface area is 164 Å². The molecule has 5 nitrogen and oxygen atoms in total. The van der Waals surface area contributed by atoms with Crippen molar-refractivity contribution in [1.82, 2.24) is 15.1 Å². The average molecular weight is 386 g/mol. The molecule has 0 atom stereocenters. The van der Waals surface area contributed by atoms with E-state index in [1.54, 1.807) is 4.68 Å². The van der Waals surface area contributed by atoms with Gasteiger partial charge in [-0.1, -0.05) is 41.9 Å². The summed E-state index contributed by atoms with van der Waals surface area (Å²) in [6.45, 7) is 4.09. The Balaban J connectivity index is 1.61. The highest BCUT2D eigenvalue weighted by molar-refractivity contribution is 6.30. The summed E-state index contributed by atoms with van der Waals surface area (Å²) in [6, 6.07) is 17.8. The quantitative estimate of drug-likeness (QED) is 0.549. The largest absolute Gasteiger partial charge is 0.489 e. The van der Waals surface area contributed by atoms with E-state index in [0.717, 1.165) is 42.2 Å². The maximum atomic E-state index is 8.79. The fourth-order valence-corrected chi connectivity index (χ4v) is 3.06. The van der Waals surface area contributed by atoms with Crippen molar-refractivity contribution in [2.75, 3.05) is 13.2 Å². The molecule has 1 heterocycles. The van der Waals surface area contributed by atoms with E-state index >= 15 is 0 Å². The summed E-state index contributed by atoms with van der Waals surface area (Å²) in [5, 5.41) is 17.2. The number of aromatic nitrogens is 2. The van der Waals surface area contributed by atoms with Gasteiger partial charge in [0, 0.05) is 18.7 Å². The summed E-state index contributed by atoms with van der Waals surface area (Å²) in [5.41, 5.74) is 3.84. The summed E-state index contributed by atoms with van der Waals surface area (Å²) < 4.78 is 7.64. The van der Waals surface area contributed by atoms with Crippen molar-refractivity contribution in [1.29, 1.82) is 0 Å². The third-order valence-electron chi connectivity index (χ3n) is 4.27. The zero-order chi connectivity index (χ0) is 19.1. The smallest absolute Gasteiger partial charge is 0.139 e. The lowest BCUT2D eigenvalue weighted by atomic mass is 10.2. The van der Waals surface area contributed by atoms with Crippen LogP contribution in [-0.4, -0.2) is 28.0 Å². The number of para-hydroxylation sites is 1. The Hall–Kier alpha value is -2.34. The van der Waals surface area contributed by atoms with Gasteiger partial charge in [-0.25, -0.2) is 4.68 Å². The molecule has 0 aliphatic carbocycles. The molecular formula is C21H24ClN3O2. The van der Waals surface area contributed by atoms with Gasteiger partial charge in [0.2, 0.25) is 0 Å². The van der Waals surface area contributed by atoms with E-state index in [1.807, 2.05) is 61.5 Å². The highest BCUT2D eigenvalue weighted by atomic mass is 35.5. The summed E-state index contributed by atoms with van der Waals surface area (Å²) in [6.07, 6.45) is 0.762. The van der Waals surface area contributed by atoms with Crippen LogP contribution in [0.2, 0.25) is 5.15 Å². The number of rotatable bonds is 9. The number of nitrogens with one attached hydrogen (secondary N) is 1. The molecule has 6 heteroatoms. The van der Waals surface area contributed by atoms with E-state index in [0.29, 0.717) is 11.8 Å². The highest BCUT2D eigenvalue weighted by Gasteiger charge is 2.15. The maximum absolute atomic E-state index is 8.79. The van der Waals surface area contributed by atoms with Crippen LogP contribution in [-0.2, 0) is 13.2 Å². The van der Waals surface area contributed by atoms with Crippen LogP contribution in [0.25, 0.3) is 5.69 Å². The first kappa shape index (κ1) is 19.4. The third-order valence-corrected chi connectivity index (χ3v) is 4.66. The maximum Gasteiger partial charge on any atom is 0.139 e.